The lowest BCUT2D eigenvalue weighted by Crippen LogP contribution is -2.36. The van der Waals surface area contributed by atoms with Crippen molar-refractivity contribution in [2.24, 2.45) is 0 Å². The highest BCUT2D eigenvalue weighted by molar-refractivity contribution is 8.11. The Kier molecular flexibility index (Phi) is 3.14. The van der Waals surface area contributed by atoms with Crippen LogP contribution in [0.4, 0.5) is 4.79 Å². The molecule has 0 bridgehead atoms. The molecule has 68 valence electrons. The van der Waals surface area contributed by atoms with Gasteiger partial charge in [0.1, 0.15) is 5.60 Å². The first-order valence-corrected chi connectivity index (χ1v) is 4.68. The fourth-order valence-corrected chi connectivity index (χ4v) is 0.689. The molecule has 1 amide bonds. The summed E-state index contributed by atoms with van der Waals surface area (Å²) in [5.41, 5.74) is -0.741. The number of rotatable bonds is 1. The molecule has 0 aromatic heterocycles. The Morgan fingerprint density at radius 2 is 1.83 bits per heavy atom. The second kappa shape index (κ2) is 3.34. The minimum atomic E-state index is -4.02. The molecule has 12 heavy (non-hydrogen) atoms. The zero-order chi connectivity index (χ0) is 9.99. The van der Waals surface area contributed by atoms with Crippen LogP contribution in [0.15, 0.2) is 0 Å². The van der Waals surface area contributed by atoms with Crippen LogP contribution in [0, 0.1) is 0 Å². The summed E-state index contributed by atoms with van der Waals surface area (Å²) in [4.78, 5) is 10.7. The molecule has 5 nitrogen and oxygen atoms in total. The highest BCUT2D eigenvalue weighted by atomic mass is 32.2. The summed E-state index contributed by atoms with van der Waals surface area (Å²) in [5, 5.41) is 0. The molecule has 1 N–H and O–H groups in total. The van der Waals surface area contributed by atoms with Crippen molar-refractivity contribution in [3.63, 3.8) is 0 Å². The minimum absolute atomic E-state index is 0.741. The van der Waals surface area contributed by atoms with E-state index in [1.807, 2.05) is 0 Å². The van der Waals surface area contributed by atoms with Gasteiger partial charge in [-0.25, -0.2) is 17.9 Å². The molecule has 0 saturated heterocycles. The maximum Gasteiger partial charge on any atom is 0.420 e. The van der Waals surface area contributed by atoms with Gasteiger partial charge in [0.2, 0.25) is 0 Å². The first-order valence-electron chi connectivity index (χ1n) is 3.14. The number of hydrogen-bond donors (Lipinski definition) is 1. The van der Waals surface area contributed by atoms with E-state index in [2.05, 4.69) is 11.9 Å². The molecule has 0 aliphatic rings. The molecular weight excluding hydrogens is 181 g/mol. The van der Waals surface area contributed by atoms with Crippen LogP contribution in [0.1, 0.15) is 20.8 Å². The van der Waals surface area contributed by atoms with Crippen LogP contribution in [0.5, 0.6) is 0 Å². The lowest BCUT2D eigenvalue weighted by molar-refractivity contribution is 0.0571. The number of hydrogen-bond acceptors (Lipinski definition) is 4. The van der Waals surface area contributed by atoms with Gasteiger partial charge in [0.15, 0.2) is 9.87 Å². The van der Waals surface area contributed by atoms with Gasteiger partial charge in [0.25, 0.3) is 7.12 Å². The third kappa shape index (κ3) is 7.39. The van der Waals surface area contributed by atoms with E-state index < -0.39 is 21.6 Å². The summed E-state index contributed by atoms with van der Waals surface area (Å²) < 4.78 is 26.7. The van der Waals surface area contributed by atoms with Crippen molar-refractivity contribution in [2.75, 3.05) is 0 Å². The Bertz CT molecular complexity index is 266. The summed E-state index contributed by atoms with van der Waals surface area (Å²) in [6.45, 7) is 4.82. The predicted octanol–water partition coefficient (Wildman–Crippen LogP) is -0.0756. The summed E-state index contributed by atoms with van der Waals surface area (Å²) in [6.07, 6.45) is -1.08. The van der Waals surface area contributed by atoms with Crippen LogP contribution < -0.4 is 4.72 Å². The van der Waals surface area contributed by atoms with E-state index in [0.717, 1.165) is 0 Å². The van der Waals surface area contributed by atoms with Crippen LogP contribution in [0.2, 0.25) is 0 Å². The zero-order valence-electron chi connectivity index (χ0n) is 7.12. The fraction of sp³-hybridized carbons (Fsp3) is 0.800. The van der Waals surface area contributed by atoms with Crippen LogP contribution >= 0.6 is 0 Å². The molecule has 0 aromatic carbocycles. The van der Waals surface area contributed by atoms with Crippen molar-refractivity contribution < 1.29 is 17.9 Å². The first-order chi connectivity index (χ1) is 5.10. The summed E-state index contributed by atoms with van der Waals surface area (Å²) >= 11 is 0. The number of carbonyl (C=O) groups excluding carboxylic acids is 1. The molecule has 7 heteroatoms. The molecule has 0 aliphatic heterocycles. The molecule has 0 atom stereocenters. The number of ether oxygens (including phenoxy) is 1. The molecule has 0 rings (SSSR count). The largest absolute Gasteiger partial charge is 0.443 e. The van der Waals surface area contributed by atoms with Crippen LogP contribution in [-0.2, 0) is 14.6 Å². The Hall–Kier alpha value is -0.715. The second-order valence-corrected chi connectivity index (χ2v) is 4.44. The highest BCUT2D eigenvalue weighted by Crippen LogP contribution is 2.06. The van der Waals surface area contributed by atoms with E-state index in [4.69, 9.17) is 0 Å². The SMILES string of the molecule is [B]S(=O)(=O)NC(=O)OC(C)(C)C. The fourth-order valence-electron chi connectivity index (χ4n) is 0.415. The Labute approximate surface area is 72.8 Å². The Balaban J connectivity index is 4.10. The van der Waals surface area contributed by atoms with E-state index in [0.29, 0.717) is 0 Å². The normalized spacial score (nSPS) is 12.2. The smallest absolute Gasteiger partial charge is 0.420 e. The molecule has 0 heterocycles. The topological polar surface area (TPSA) is 72.5 Å². The van der Waals surface area contributed by atoms with Gasteiger partial charge in [0.05, 0.1) is 0 Å². The van der Waals surface area contributed by atoms with E-state index in [1.165, 1.54) is 4.72 Å². The average molecular weight is 191 g/mol. The Morgan fingerprint density at radius 1 is 1.42 bits per heavy atom. The van der Waals surface area contributed by atoms with E-state index in [1.54, 1.807) is 20.8 Å². The van der Waals surface area contributed by atoms with Gasteiger partial charge in [-0.2, -0.15) is 0 Å². The molecule has 0 aromatic rings. The zero-order valence-corrected chi connectivity index (χ0v) is 7.94. The van der Waals surface area contributed by atoms with Crippen molar-refractivity contribution in [3.05, 3.63) is 0 Å². The molecule has 0 spiro atoms. The predicted molar refractivity (Wildman–Crippen MR) is 44.0 cm³/mol. The minimum Gasteiger partial charge on any atom is -0.443 e. The van der Waals surface area contributed by atoms with Gasteiger partial charge >= 0.3 is 6.09 Å². The number of nitrogens with one attached hydrogen (secondary N) is 1. The third-order valence-corrected chi connectivity index (χ3v) is 1.08. The second-order valence-electron chi connectivity index (χ2n) is 3.15. The molecule has 0 unspecified atom stereocenters. The van der Waals surface area contributed by atoms with Gasteiger partial charge in [-0.3, -0.25) is 0 Å². The van der Waals surface area contributed by atoms with Crippen molar-refractivity contribution >= 4 is 23.1 Å². The van der Waals surface area contributed by atoms with Gasteiger partial charge < -0.3 is 4.74 Å². The quantitative estimate of drug-likeness (QED) is 0.588. The number of carbonyl (C=O) groups is 1. The third-order valence-electron chi connectivity index (χ3n) is 0.624. The van der Waals surface area contributed by atoms with E-state index in [9.17, 15) is 13.2 Å². The van der Waals surface area contributed by atoms with Gasteiger partial charge in [0, 0.05) is 0 Å². The van der Waals surface area contributed by atoms with Gasteiger partial charge in [-0.1, -0.05) is 0 Å². The lowest BCUT2D eigenvalue weighted by Gasteiger charge is -2.19. The average Bonchev–Trinajstić information content (AvgIpc) is 1.49. The Morgan fingerprint density at radius 3 is 2.08 bits per heavy atom. The maximum atomic E-state index is 10.7. The van der Waals surface area contributed by atoms with Crippen molar-refractivity contribution in [1.82, 2.24) is 4.72 Å². The summed E-state index contributed by atoms with van der Waals surface area (Å²) in [5.74, 6) is 0. The van der Waals surface area contributed by atoms with E-state index in [-0.39, 0.29) is 0 Å². The first kappa shape index (κ1) is 11.3. The van der Waals surface area contributed by atoms with Gasteiger partial charge in [-0.15, -0.1) is 0 Å². The van der Waals surface area contributed by atoms with Crippen molar-refractivity contribution in [2.45, 2.75) is 26.4 Å². The molecule has 2 radical (unpaired) electrons. The maximum absolute atomic E-state index is 10.7. The van der Waals surface area contributed by atoms with Crippen LogP contribution in [0.25, 0.3) is 0 Å². The molecular formula is C5H10BNO4S. The summed E-state index contributed by atoms with van der Waals surface area (Å²) in [7, 11) is 0.495. The van der Waals surface area contributed by atoms with Crippen LogP contribution in [-0.4, -0.2) is 27.2 Å². The van der Waals surface area contributed by atoms with Gasteiger partial charge in [-0.05, 0) is 20.8 Å². The molecule has 0 saturated carbocycles. The highest BCUT2D eigenvalue weighted by Gasteiger charge is 2.18. The van der Waals surface area contributed by atoms with E-state index >= 15 is 0 Å². The molecule has 0 aliphatic carbocycles. The lowest BCUT2D eigenvalue weighted by atomic mass is 10.2. The van der Waals surface area contributed by atoms with Crippen LogP contribution in [0.3, 0.4) is 0 Å². The monoisotopic (exact) mass is 191 g/mol. The molecule has 0 fully saturated rings. The number of amides is 1. The van der Waals surface area contributed by atoms with Crippen molar-refractivity contribution in [3.8, 4) is 0 Å². The standard InChI is InChI=1S/C5H10BNO4S/c1-5(2,3)11-4(8)7-12(6,9)10/h1-3H3,(H,7,8). The van der Waals surface area contributed by atoms with Crippen molar-refractivity contribution in [1.29, 1.82) is 0 Å². The summed E-state index contributed by atoms with van der Waals surface area (Å²) in [6, 6.07) is 0.